The van der Waals surface area contributed by atoms with Crippen molar-refractivity contribution in [1.82, 2.24) is 4.90 Å². The Balaban J connectivity index is 2.46. The summed E-state index contributed by atoms with van der Waals surface area (Å²) < 4.78 is 0. The van der Waals surface area contributed by atoms with Crippen molar-refractivity contribution in [3.05, 3.63) is 21.9 Å². The SMILES string of the molecule is CCCN(C)Cc1sccc1C. The molecule has 0 N–H and O–H groups in total. The molecule has 1 aromatic rings. The molecule has 0 aliphatic rings. The first-order valence-corrected chi connectivity index (χ1v) is 5.33. The molecule has 1 heterocycles. The van der Waals surface area contributed by atoms with Gasteiger partial charge in [0.05, 0.1) is 0 Å². The fraction of sp³-hybridized carbons (Fsp3) is 0.600. The van der Waals surface area contributed by atoms with Crippen molar-refractivity contribution in [2.75, 3.05) is 13.6 Å². The van der Waals surface area contributed by atoms with Crippen molar-refractivity contribution in [1.29, 1.82) is 0 Å². The summed E-state index contributed by atoms with van der Waals surface area (Å²) in [6.07, 6.45) is 1.24. The summed E-state index contributed by atoms with van der Waals surface area (Å²) in [6.45, 7) is 6.71. The van der Waals surface area contributed by atoms with Crippen LogP contribution in [0.2, 0.25) is 0 Å². The Morgan fingerprint density at radius 2 is 2.25 bits per heavy atom. The summed E-state index contributed by atoms with van der Waals surface area (Å²) in [5.74, 6) is 0. The minimum absolute atomic E-state index is 1.11. The van der Waals surface area contributed by atoms with E-state index in [0.717, 1.165) is 6.54 Å². The van der Waals surface area contributed by atoms with Gasteiger partial charge >= 0.3 is 0 Å². The Bertz CT molecular complexity index is 229. The first-order chi connectivity index (χ1) is 5.74. The van der Waals surface area contributed by atoms with E-state index in [2.05, 4.69) is 37.2 Å². The molecule has 2 heteroatoms. The maximum Gasteiger partial charge on any atom is 0.0327 e. The number of rotatable bonds is 4. The molecule has 0 aliphatic carbocycles. The second-order valence-electron chi connectivity index (χ2n) is 3.26. The molecule has 0 aliphatic heterocycles. The molecule has 0 bridgehead atoms. The average Bonchev–Trinajstić information content (AvgIpc) is 2.37. The molecule has 0 amide bonds. The summed E-state index contributed by atoms with van der Waals surface area (Å²) in [5.41, 5.74) is 1.43. The monoisotopic (exact) mass is 183 g/mol. The van der Waals surface area contributed by atoms with Gasteiger partial charge in [-0.2, -0.15) is 0 Å². The number of hydrogen-bond donors (Lipinski definition) is 0. The van der Waals surface area contributed by atoms with E-state index in [9.17, 15) is 0 Å². The van der Waals surface area contributed by atoms with Gasteiger partial charge in [-0.1, -0.05) is 6.92 Å². The number of aryl methyl sites for hydroxylation is 1. The van der Waals surface area contributed by atoms with E-state index in [0.29, 0.717) is 0 Å². The fourth-order valence-electron chi connectivity index (χ4n) is 1.27. The fourth-order valence-corrected chi connectivity index (χ4v) is 2.26. The van der Waals surface area contributed by atoms with Crippen LogP contribution in [0.5, 0.6) is 0 Å². The molecule has 1 rings (SSSR count). The molecular weight excluding hydrogens is 166 g/mol. The lowest BCUT2D eigenvalue weighted by Crippen LogP contribution is -2.18. The second-order valence-corrected chi connectivity index (χ2v) is 4.27. The average molecular weight is 183 g/mol. The van der Waals surface area contributed by atoms with E-state index in [1.54, 1.807) is 0 Å². The normalized spacial score (nSPS) is 11.0. The molecule has 0 radical (unpaired) electrons. The van der Waals surface area contributed by atoms with Crippen molar-refractivity contribution < 1.29 is 0 Å². The molecule has 0 aromatic carbocycles. The van der Waals surface area contributed by atoms with Crippen LogP contribution in [0.15, 0.2) is 11.4 Å². The minimum atomic E-state index is 1.11. The predicted octanol–water partition coefficient (Wildman–Crippen LogP) is 2.90. The van der Waals surface area contributed by atoms with Crippen molar-refractivity contribution in [2.24, 2.45) is 0 Å². The third-order valence-corrected chi connectivity index (χ3v) is 2.99. The van der Waals surface area contributed by atoms with Gasteiger partial charge in [-0.15, -0.1) is 11.3 Å². The van der Waals surface area contributed by atoms with E-state index in [1.165, 1.54) is 23.4 Å². The van der Waals surface area contributed by atoms with Gasteiger partial charge in [-0.25, -0.2) is 0 Å². The Labute approximate surface area is 79.0 Å². The predicted molar refractivity (Wildman–Crippen MR) is 55.7 cm³/mol. The Morgan fingerprint density at radius 3 is 2.75 bits per heavy atom. The third-order valence-electron chi connectivity index (χ3n) is 1.99. The largest absolute Gasteiger partial charge is 0.301 e. The Kier molecular flexibility index (Phi) is 3.76. The zero-order valence-electron chi connectivity index (χ0n) is 8.13. The zero-order chi connectivity index (χ0) is 8.97. The second kappa shape index (κ2) is 4.63. The van der Waals surface area contributed by atoms with E-state index >= 15 is 0 Å². The van der Waals surface area contributed by atoms with Crippen LogP contribution in [0.3, 0.4) is 0 Å². The topological polar surface area (TPSA) is 3.24 Å². The standard InChI is InChI=1S/C10H17NS/c1-4-6-11(3)8-10-9(2)5-7-12-10/h5,7H,4,6,8H2,1-3H3. The highest BCUT2D eigenvalue weighted by Gasteiger charge is 2.02. The summed E-state index contributed by atoms with van der Waals surface area (Å²) >= 11 is 1.86. The molecule has 0 fully saturated rings. The minimum Gasteiger partial charge on any atom is -0.301 e. The van der Waals surface area contributed by atoms with E-state index < -0.39 is 0 Å². The maximum atomic E-state index is 2.37. The van der Waals surface area contributed by atoms with E-state index in [4.69, 9.17) is 0 Å². The quantitative estimate of drug-likeness (QED) is 0.694. The summed E-state index contributed by atoms with van der Waals surface area (Å²) in [7, 11) is 2.18. The first kappa shape index (κ1) is 9.75. The molecule has 0 atom stereocenters. The lowest BCUT2D eigenvalue weighted by molar-refractivity contribution is 0.330. The van der Waals surface area contributed by atoms with Crippen molar-refractivity contribution in [3.8, 4) is 0 Å². The van der Waals surface area contributed by atoms with Gasteiger partial charge in [0.15, 0.2) is 0 Å². The lowest BCUT2D eigenvalue weighted by atomic mass is 10.3. The Hall–Kier alpha value is -0.340. The zero-order valence-corrected chi connectivity index (χ0v) is 8.95. The van der Waals surface area contributed by atoms with Crippen molar-refractivity contribution >= 4 is 11.3 Å². The molecular formula is C10H17NS. The van der Waals surface area contributed by atoms with Gasteiger partial charge in [0.25, 0.3) is 0 Å². The summed E-state index contributed by atoms with van der Waals surface area (Å²) in [5, 5.41) is 2.17. The van der Waals surface area contributed by atoms with Crippen LogP contribution in [0.4, 0.5) is 0 Å². The molecule has 1 aromatic heterocycles. The summed E-state index contributed by atoms with van der Waals surface area (Å²) in [6, 6.07) is 2.19. The highest BCUT2D eigenvalue weighted by Crippen LogP contribution is 2.16. The van der Waals surface area contributed by atoms with Crippen LogP contribution in [-0.4, -0.2) is 18.5 Å². The van der Waals surface area contributed by atoms with Gasteiger partial charge in [0.1, 0.15) is 0 Å². The van der Waals surface area contributed by atoms with Crippen LogP contribution in [0.1, 0.15) is 23.8 Å². The van der Waals surface area contributed by atoms with Gasteiger partial charge in [0, 0.05) is 11.4 Å². The van der Waals surface area contributed by atoms with Crippen LogP contribution in [0.25, 0.3) is 0 Å². The van der Waals surface area contributed by atoms with Gasteiger partial charge < -0.3 is 4.90 Å². The lowest BCUT2D eigenvalue weighted by Gasteiger charge is -2.14. The van der Waals surface area contributed by atoms with Crippen molar-refractivity contribution in [2.45, 2.75) is 26.8 Å². The first-order valence-electron chi connectivity index (χ1n) is 4.45. The molecule has 68 valence electrons. The van der Waals surface area contributed by atoms with Crippen LogP contribution in [-0.2, 0) is 6.54 Å². The highest BCUT2D eigenvalue weighted by atomic mass is 32.1. The van der Waals surface area contributed by atoms with Crippen LogP contribution >= 0.6 is 11.3 Å². The molecule has 0 saturated heterocycles. The van der Waals surface area contributed by atoms with Gasteiger partial charge in [-0.05, 0) is 43.9 Å². The molecule has 1 nitrogen and oxygen atoms in total. The van der Waals surface area contributed by atoms with E-state index in [1.807, 2.05) is 11.3 Å². The van der Waals surface area contributed by atoms with Crippen molar-refractivity contribution in [3.63, 3.8) is 0 Å². The van der Waals surface area contributed by atoms with E-state index in [-0.39, 0.29) is 0 Å². The van der Waals surface area contributed by atoms with Gasteiger partial charge in [-0.3, -0.25) is 0 Å². The molecule has 0 spiro atoms. The Morgan fingerprint density at radius 1 is 1.50 bits per heavy atom. The maximum absolute atomic E-state index is 2.37. The third kappa shape index (κ3) is 2.61. The number of hydrogen-bond acceptors (Lipinski definition) is 2. The summed E-state index contributed by atoms with van der Waals surface area (Å²) in [4.78, 5) is 3.88. The smallest absolute Gasteiger partial charge is 0.0327 e. The molecule has 12 heavy (non-hydrogen) atoms. The van der Waals surface area contributed by atoms with Crippen LogP contribution < -0.4 is 0 Å². The highest BCUT2D eigenvalue weighted by molar-refractivity contribution is 7.10. The molecule has 0 unspecified atom stereocenters. The molecule has 0 saturated carbocycles. The number of thiophene rings is 1. The van der Waals surface area contributed by atoms with Gasteiger partial charge in [0.2, 0.25) is 0 Å². The van der Waals surface area contributed by atoms with Crippen LogP contribution in [0, 0.1) is 6.92 Å². The number of nitrogens with zero attached hydrogens (tertiary/aromatic N) is 1.